The summed E-state index contributed by atoms with van der Waals surface area (Å²) < 4.78 is 28.9. The zero-order valence-corrected chi connectivity index (χ0v) is 26.5. The summed E-state index contributed by atoms with van der Waals surface area (Å²) in [6, 6.07) is 16.7. The van der Waals surface area contributed by atoms with Gasteiger partial charge in [-0.05, 0) is 61.2 Å². The van der Waals surface area contributed by atoms with E-state index in [9.17, 15) is 18.0 Å². The van der Waals surface area contributed by atoms with E-state index in [0.29, 0.717) is 22.2 Å². The Morgan fingerprint density at radius 1 is 0.927 bits per heavy atom. The van der Waals surface area contributed by atoms with Crippen LogP contribution in [0.2, 0.25) is 15.1 Å². The van der Waals surface area contributed by atoms with Gasteiger partial charge in [0.15, 0.2) is 0 Å². The van der Waals surface area contributed by atoms with Gasteiger partial charge in [-0.2, -0.15) is 0 Å². The van der Waals surface area contributed by atoms with Gasteiger partial charge in [-0.1, -0.05) is 91.5 Å². The van der Waals surface area contributed by atoms with Gasteiger partial charge < -0.3 is 10.2 Å². The quantitative estimate of drug-likeness (QED) is 0.238. The molecule has 0 fully saturated rings. The molecule has 0 spiro atoms. The average Bonchev–Trinajstić information content (AvgIpc) is 2.92. The summed E-state index contributed by atoms with van der Waals surface area (Å²) in [4.78, 5) is 28.8. The first-order valence-corrected chi connectivity index (χ1v) is 15.8. The molecule has 0 aliphatic rings. The van der Waals surface area contributed by atoms with Crippen molar-refractivity contribution >= 4 is 62.3 Å². The van der Waals surface area contributed by atoms with E-state index in [1.807, 2.05) is 20.8 Å². The van der Waals surface area contributed by atoms with Crippen LogP contribution < -0.4 is 9.62 Å². The number of para-hydroxylation sites is 1. The summed E-state index contributed by atoms with van der Waals surface area (Å²) in [7, 11) is -4.23. The smallest absolute Gasteiger partial charge is 0.264 e. The molecule has 0 bridgehead atoms. The fourth-order valence-electron chi connectivity index (χ4n) is 4.18. The number of nitrogens with zero attached hydrogens (tertiary/aromatic N) is 2. The standard InChI is InChI=1S/C30H34Cl3N3O4S/c1-5-27(30(38)34-17-20(2)3)35(18-22-12-13-23(31)16-26(22)33)29(37)19-36(28-9-7-6-8-25(28)32)41(39,40)24-14-10-21(4)11-15-24/h6-16,20,27H,5,17-19H2,1-4H3,(H,34,38)/t27-/m0/s1. The molecule has 0 aliphatic carbocycles. The lowest BCUT2D eigenvalue weighted by Crippen LogP contribution is -2.52. The third kappa shape index (κ3) is 8.38. The fourth-order valence-corrected chi connectivity index (χ4v) is 6.37. The van der Waals surface area contributed by atoms with Crippen molar-refractivity contribution in [1.82, 2.24) is 10.2 Å². The van der Waals surface area contributed by atoms with Crippen LogP contribution in [-0.2, 0) is 26.2 Å². The highest BCUT2D eigenvalue weighted by molar-refractivity contribution is 7.92. The second-order valence-electron chi connectivity index (χ2n) is 10.1. The third-order valence-corrected chi connectivity index (χ3v) is 9.12. The maximum Gasteiger partial charge on any atom is 0.264 e. The number of hydrogen-bond acceptors (Lipinski definition) is 4. The van der Waals surface area contributed by atoms with Crippen LogP contribution in [0.4, 0.5) is 5.69 Å². The average molecular weight is 639 g/mol. The first-order valence-electron chi connectivity index (χ1n) is 13.2. The minimum atomic E-state index is -4.23. The Hall–Kier alpha value is -2.78. The minimum absolute atomic E-state index is 0.00448. The third-order valence-electron chi connectivity index (χ3n) is 6.44. The molecule has 0 aromatic heterocycles. The SMILES string of the molecule is CC[C@@H](C(=O)NCC(C)C)N(Cc1ccc(Cl)cc1Cl)C(=O)CN(c1ccccc1Cl)S(=O)(=O)c1ccc(C)cc1. The van der Waals surface area contributed by atoms with E-state index in [1.54, 1.807) is 55.5 Å². The molecule has 3 aromatic carbocycles. The maximum atomic E-state index is 14.1. The molecule has 0 unspecified atom stereocenters. The van der Waals surface area contributed by atoms with Crippen molar-refractivity contribution < 1.29 is 18.0 Å². The molecular weight excluding hydrogens is 605 g/mol. The second kappa shape index (κ2) is 14.4. The summed E-state index contributed by atoms with van der Waals surface area (Å²) >= 11 is 19.0. The number of carbonyl (C=O) groups is 2. The van der Waals surface area contributed by atoms with Gasteiger partial charge in [-0.25, -0.2) is 8.42 Å². The molecule has 0 heterocycles. The van der Waals surface area contributed by atoms with Crippen molar-refractivity contribution in [2.24, 2.45) is 5.92 Å². The van der Waals surface area contributed by atoms with Gasteiger partial charge in [-0.3, -0.25) is 13.9 Å². The summed E-state index contributed by atoms with van der Waals surface area (Å²) in [5.41, 5.74) is 1.59. The van der Waals surface area contributed by atoms with Crippen LogP contribution >= 0.6 is 34.8 Å². The van der Waals surface area contributed by atoms with E-state index in [0.717, 1.165) is 9.87 Å². The number of halogens is 3. The summed E-state index contributed by atoms with van der Waals surface area (Å²) in [5, 5.41) is 3.80. The molecule has 1 atom stereocenters. The number of anilines is 1. The van der Waals surface area contributed by atoms with Gasteiger partial charge in [-0.15, -0.1) is 0 Å². The van der Waals surface area contributed by atoms with Crippen LogP contribution in [-0.4, -0.2) is 44.3 Å². The van der Waals surface area contributed by atoms with Gasteiger partial charge >= 0.3 is 0 Å². The van der Waals surface area contributed by atoms with Crippen LogP contribution in [0.15, 0.2) is 71.6 Å². The summed E-state index contributed by atoms with van der Waals surface area (Å²) in [5.74, 6) is -0.745. The van der Waals surface area contributed by atoms with Gasteiger partial charge in [0.2, 0.25) is 11.8 Å². The lowest BCUT2D eigenvalue weighted by molar-refractivity contribution is -0.140. The minimum Gasteiger partial charge on any atom is -0.354 e. The fraction of sp³-hybridized carbons (Fsp3) is 0.333. The predicted molar refractivity (Wildman–Crippen MR) is 166 cm³/mol. The van der Waals surface area contributed by atoms with E-state index in [2.05, 4.69) is 5.32 Å². The topological polar surface area (TPSA) is 86.8 Å². The highest BCUT2D eigenvalue weighted by atomic mass is 35.5. The molecule has 41 heavy (non-hydrogen) atoms. The maximum absolute atomic E-state index is 14.1. The molecular formula is C30H34Cl3N3O4S. The molecule has 0 saturated heterocycles. The number of aryl methyl sites for hydroxylation is 1. The first-order chi connectivity index (χ1) is 19.3. The van der Waals surface area contributed by atoms with Crippen LogP contribution in [0, 0.1) is 12.8 Å². The van der Waals surface area contributed by atoms with Crippen LogP contribution in [0.1, 0.15) is 38.3 Å². The Labute approximate surface area is 257 Å². The van der Waals surface area contributed by atoms with Crippen molar-refractivity contribution in [3.63, 3.8) is 0 Å². The highest BCUT2D eigenvalue weighted by Crippen LogP contribution is 2.31. The molecule has 11 heteroatoms. The van der Waals surface area contributed by atoms with Gasteiger partial charge in [0, 0.05) is 23.1 Å². The van der Waals surface area contributed by atoms with Gasteiger partial charge in [0.1, 0.15) is 12.6 Å². The van der Waals surface area contributed by atoms with Crippen molar-refractivity contribution in [3.8, 4) is 0 Å². The van der Waals surface area contributed by atoms with Crippen molar-refractivity contribution in [3.05, 3.63) is 92.9 Å². The van der Waals surface area contributed by atoms with Gasteiger partial charge in [0.25, 0.3) is 10.0 Å². The molecule has 7 nitrogen and oxygen atoms in total. The number of nitrogens with one attached hydrogen (secondary N) is 1. The van der Waals surface area contributed by atoms with Crippen molar-refractivity contribution in [2.75, 3.05) is 17.4 Å². The van der Waals surface area contributed by atoms with E-state index in [4.69, 9.17) is 34.8 Å². The van der Waals surface area contributed by atoms with Crippen LogP contribution in [0.3, 0.4) is 0 Å². The number of benzene rings is 3. The second-order valence-corrected chi connectivity index (χ2v) is 13.2. The lowest BCUT2D eigenvalue weighted by atomic mass is 10.1. The van der Waals surface area contributed by atoms with E-state index in [-0.39, 0.29) is 40.4 Å². The molecule has 0 saturated carbocycles. The van der Waals surface area contributed by atoms with Crippen molar-refractivity contribution in [2.45, 2.75) is 51.6 Å². The van der Waals surface area contributed by atoms with Crippen LogP contribution in [0.5, 0.6) is 0 Å². The first kappa shape index (κ1) is 32.7. The Balaban J connectivity index is 2.08. The molecule has 2 amide bonds. The van der Waals surface area contributed by atoms with Crippen molar-refractivity contribution in [1.29, 1.82) is 0 Å². The molecule has 220 valence electrons. The lowest BCUT2D eigenvalue weighted by Gasteiger charge is -2.33. The normalized spacial score (nSPS) is 12.2. The van der Waals surface area contributed by atoms with E-state index >= 15 is 0 Å². The summed E-state index contributed by atoms with van der Waals surface area (Å²) in [6.45, 7) is 7.36. The number of sulfonamides is 1. The Morgan fingerprint density at radius 3 is 2.17 bits per heavy atom. The molecule has 0 radical (unpaired) electrons. The number of rotatable bonds is 12. The molecule has 3 rings (SSSR count). The Bertz CT molecular complexity index is 1480. The number of carbonyl (C=O) groups excluding carboxylic acids is 2. The molecule has 0 aliphatic heterocycles. The Kier molecular flexibility index (Phi) is 11.5. The van der Waals surface area contributed by atoms with E-state index < -0.39 is 28.5 Å². The highest BCUT2D eigenvalue weighted by Gasteiger charge is 2.34. The van der Waals surface area contributed by atoms with Gasteiger partial charge in [0.05, 0.1) is 15.6 Å². The largest absolute Gasteiger partial charge is 0.354 e. The summed E-state index contributed by atoms with van der Waals surface area (Å²) in [6.07, 6.45) is 0.289. The number of hydrogen-bond donors (Lipinski definition) is 1. The predicted octanol–water partition coefficient (Wildman–Crippen LogP) is 6.73. The van der Waals surface area contributed by atoms with E-state index in [1.165, 1.54) is 23.1 Å². The zero-order valence-electron chi connectivity index (χ0n) is 23.4. The molecule has 1 N–H and O–H groups in total. The monoisotopic (exact) mass is 637 g/mol. The zero-order chi connectivity index (χ0) is 30.3. The molecule has 3 aromatic rings. The Morgan fingerprint density at radius 2 is 1.59 bits per heavy atom. The number of amides is 2. The van der Waals surface area contributed by atoms with Crippen LogP contribution in [0.25, 0.3) is 0 Å².